The van der Waals surface area contributed by atoms with Gasteiger partial charge in [0.05, 0.1) is 6.61 Å². The number of Topliss-reactive ketones (excluding diaryl/α,β-unsaturated/α-hetero) is 1. The largest absolute Gasteiger partial charge is 0.340 e. The molecule has 0 unspecified atom stereocenters. The average Bonchev–Trinajstić information content (AvgIpc) is 2.47. The quantitative estimate of drug-likeness (QED) is 0.398. The number of carbonyl (C=O) groups excluding carboxylic acids is 1. The fourth-order valence-corrected chi connectivity index (χ4v) is 3.62. The van der Waals surface area contributed by atoms with Crippen molar-refractivity contribution < 1.29 is 13.9 Å². The number of hydrogen-bond acceptors (Lipinski definition) is 3. The molecule has 8 heteroatoms. The van der Waals surface area contributed by atoms with E-state index in [0.717, 1.165) is 0 Å². The molecule has 2 N–H and O–H groups in total. The lowest BCUT2D eigenvalue weighted by atomic mass is 10.1. The normalized spacial score (nSPS) is 14.1. The van der Waals surface area contributed by atoms with Crippen molar-refractivity contribution in [3.05, 3.63) is 35.9 Å². The fourth-order valence-electron chi connectivity index (χ4n) is 1.70. The van der Waals surface area contributed by atoms with Crippen LogP contribution in [0, 0.1) is 0 Å². The van der Waals surface area contributed by atoms with Crippen molar-refractivity contribution in [3.63, 3.8) is 0 Å². The lowest BCUT2D eigenvalue weighted by molar-refractivity contribution is 0.0960. The van der Waals surface area contributed by atoms with Gasteiger partial charge < -0.3 is 4.52 Å². The second-order valence-corrected chi connectivity index (χ2v) is 6.98. The van der Waals surface area contributed by atoms with Gasteiger partial charge in [0, 0.05) is 36.8 Å². The van der Waals surface area contributed by atoms with Gasteiger partial charge in [0.15, 0.2) is 5.78 Å². The number of rotatable bonds is 10. The molecule has 0 bridgehead atoms. The van der Waals surface area contributed by atoms with Gasteiger partial charge in [0.1, 0.15) is 0 Å². The van der Waals surface area contributed by atoms with E-state index in [-0.39, 0.29) is 30.6 Å². The third kappa shape index (κ3) is 6.47. The molecule has 118 valence electrons. The van der Waals surface area contributed by atoms with Crippen molar-refractivity contribution in [2.24, 2.45) is 5.50 Å². The van der Waals surface area contributed by atoms with E-state index in [1.165, 1.54) is 4.67 Å². The maximum Gasteiger partial charge on any atom is 0.340 e. The molecule has 0 aliphatic heterocycles. The molecule has 1 aromatic rings. The van der Waals surface area contributed by atoms with E-state index < -0.39 is 7.67 Å². The zero-order chi connectivity index (χ0) is 15.7. The lowest BCUT2D eigenvalue weighted by Crippen LogP contribution is -2.30. The van der Waals surface area contributed by atoms with Gasteiger partial charge in [-0.05, 0) is 0 Å². The van der Waals surface area contributed by atoms with Crippen LogP contribution < -0.4 is 5.50 Å². The number of benzene rings is 1. The first-order valence-corrected chi connectivity index (χ1v) is 9.21. The van der Waals surface area contributed by atoms with E-state index in [9.17, 15) is 9.36 Å². The SMILES string of the molecule is N[P@](=O)(OCCC(=O)c1ccccc1)N(CCCl)CCCl. The molecule has 1 atom stereocenters. The van der Waals surface area contributed by atoms with Crippen molar-refractivity contribution in [3.8, 4) is 0 Å². The Morgan fingerprint density at radius 3 is 2.29 bits per heavy atom. The molecular formula is C13H19Cl2N2O3P. The molecule has 0 fully saturated rings. The lowest BCUT2D eigenvalue weighted by Gasteiger charge is -2.26. The van der Waals surface area contributed by atoms with Crippen LogP contribution in [-0.2, 0) is 9.09 Å². The first-order chi connectivity index (χ1) is 10.0. The highest BCUT2D eigenvalue weighted by Gasteiger charge is 2.26. The summed E-state index contributed by atoms with van der Waals surface area (Å²) in [5.41, 5.74) is 6.28. The van der Waals surface area contributed by atoms with Crippen LogP contribution in [0.25, 0.3) is 0 Å². The van der Waals surface area contributed by atoms with Crippen LogP contribution in [-0.4, -0.2) is 41.9 Å². The average molecular weight is 353 g/mol. The fraction of sp³-hybridized carbons (Fsp3) is 0.462. The number of halogens is 2. The highest BCUT2D eigenvalue weighted by molar-refractivity contribution is 7.53. The summed E-state index contributed by atoms with van der Waals surface area (Å²) in [6.45, 7) is 0.617. The second kappa shape index (κ2) is 9.57. The number of hydrogen-bond donors (Lipinski definition) is 1. The molecule has 0 spiro atoms. The molecule has 0 aromatic heterocycles. The van der Waals surface area contributed by atoms with E-state index in [1.54, 1.807) is 24.3 Å². The van der Waals surface area contributed by atoms with E-state index >= 15 is 0 Å². The molecule has 0 saturated carbocycles. The summed E-state index contributed by atoms with van der Waals surface area (Å²) in [4.78, 5) is 11.9. The third-order valence-electron chi connectivity index (χ3n) is 2.78. The van der Waals surface area contributed by atoms with Crippen LogP contribution in [0.1, 0.15) is 16.8 Å². The summed E-state index contributed by atoms with van der Waals surface area (Å²) in [7, 11) is -3.47. The molecule has 0 heterocycles. The second-order valence-electron chi connectivity index (χ2n) is 4.27. The molecule has 0 radical (unpaired) electrons. The van der Waals surface area contributed by atoms with Gasteiger partial charge >= 0.3 is 7.67 Å². The van der Waals surface area contributed by atoms with Crippen molar-refractivity contribution in [2.75, 3.05) is 31.5 Å². The zero-order valence-corrected chi connectivity index (χ0v) is 14.0. The van der Waals surface area contributed by atoms with Crippen molar-refractivity contribution in [1.29, 1.82) is 0 Å². The Bertz CT molecular complexity index is 482. The highest BCUT2D eigenvalue weighted by Crippen LogP contribution is 2.42. The Balaban J connectivity index is 2.49. The van der Waals surface area contributed by atoms with Crippen LogP contribution in [0.3, 0.4) is 0 Å². The molecular weight excluding hydrogens is 334 g/mol. The maximum atomic E-state index is 12.3. The number of nitrogens with zero attached hydrogens (tertiary/aromatic N) is 1. The van der Waals surface area contributed by atoms with Gasteiger partial charge in [0.2, 0.25) is 0 Å². The Hall–Kier alpha value is -0.420. The van der Waals surface area contributed by atoms with E-state index in [0.29, 0.717) is 18.7 Å². The molecule has 0 saturated heterocycles. The molecule has 0 aliphatic rings. The summed E-state index contributed by atoms with van der Waals surface area (Å²) < 4.78 is 18.9. The number of alkyl halides is 2. The third-order valence-corrected chi connectivity index (χ3v) is 4.86. The predicted molar refractivity (Wildman–Crippen MR) is 86.1 cm³/mol. The Morgan fingerprint density at radius 2 is 1.76 bits per heavy atom. The van der Waals surface area contributed by atoms with Gasteiger partial charge in [-0.3, -0.25) is 9.36 Å². The molecule has 1 rings (SSSR count). The zero-order valence-electron chi connectivity index (χ0n) is 11.6. The van der Waals surface area contributed by atoms with Gasteiger partial charge in [-0.1, -0.05) is 30.3 Å². The summed E-state index contributed by atoms with van der Waals surface area (Å²) in [6, 6.07) is 8.84. The molecule has 0 amide bonds. The van der Waals surface area contributed by atoms with Crippen LogP contribution in [0.15, 0.2) is 30.3 Å². The summed E-state index contributed by atoms with van der Waals surface area (Å²) in [5, 5.41) is 0. The smallest absolute Gasteiger partial charge is 0.306 e. The molecule has 5 nitrogen and oxygen atoms in total. The Kier molecular flexibility index (Phi) is 8.49. The topological polar surface area (TPSA) is 72.6 Å². The maximum absolute atomic E-state index is 12.3. The minimum absolute atomic E-state index is 0.0113. The van der Waals surface area contributed by atoms with E-state index in [1.807, 2.05) is 6.07 Å². The summed E-state index contributed by atoms with van der Waals surface area (Å²) >= 11 is 11.3. The van der Waals surface area contributed by atoms with Gasteiger partial charge in [-0.25, -0.2) is 10.2 Å². The summed E-state index contributed by atoms with van der Waals surface area (Å²) in [5.74, 6) is 0.450. The first-order valence-electron chi connectivity index (χ1n) is 6.50. The van der Waals surface area contributed by atoms with E-state index in [4.69, 9.17) is 33.2 Å². The first kappa shape index (κ1) is 18.6. The standard InChI is InChI=1S/C13H19Cl2N2O3P/c14-7-9-17(10-8-15)21(16,19)20-11-6-13(18)12-4-2-1-3-5-12/h1-5H,6-11H2,(H2,16,19)/t21-/m0/s1. The van der Waals surface area contributed by atoms with Crippen molar-refractivity contribution in [2.45, 2.75) is 6.42 Å². The highest BCUT2D eigenvalue weighted by atomic mass is 35.5. The van der Waals surface area contributed by atoms with E-state index in [2.05, 4.69) is 0 Å². The Morgan fingerprint density at radius 1 is 1.19 bits per heavy atom. The summed E-state index contributed by atoms with van der Waals surface area (Å²) in [6.07, 6.45) is 0.112. The molecule has 21 heavy (non-hydrogen) atoms. The molecule has 1 aromatic carbocycles. The number of carbonyl (C=O) groups is 1. The van der Waals surface area contributed by atoms with Crippen LogP contribution in [0.2, 0.25) is 0 Å². The van der Waals surface area contributed by atoms with Crippen molar-refractivity contribution >= 4 is 36.7 Å². The van der Waals surface area contributed by atoms with Crippen LogP contribution >= 0.6 is 30.9 Å². The van der Waals surface area contributed by atoms with Crippen LogP contribution in [0.4, 0.5) is 0 Å². The number of nitrogens with two attached hydrogens (primary N) is 1. The van der Waals surface area contributed by atoms with Gasteiger partial charge in [-0.2, -0.15) is 0 Å². The van der Waals surface area contributed by atoms with Gasteiger partial charge in [0.25, 0.3) is 0 Å². The minimum atomic E-state index is -3.47. The van der Waals surface area contributed by atoms with Crippen molar-refractivity contribution in [1.82, 2.24) is 4.67 Å². The molecule has 0 aliphatic carbocycles. The monoisotopic (exact) mass is 352 g/mol. The van der Waals surface area contributed by atoms with Crippen LogP contribution in [0.5, 0.6) is 0 Å². The minimum Gasteiger partial charge on any atom is -0.306 e. The van der Waals surface area contributed by atoms with Gasteiger partial charge in [-0.15, -0.1) is 23.2 Å². The number of ketones is 1. The predicted octanol–water partition coefficient (Wildman–Crippen LogP) is 3.12. The Labute approximate surface area is 134 Å².